The first kappa shape index (κ1) is 12.0. The zero-order valence-corrected chi connectivity index (χ0v) is 10.5. The third kappa shape index (κ3) is 2.99. The van der Waals surface area contributed by atoms with E-state index in [-0.39, 0.29) is 5.92 Å². The van der Waals surface area contributed by atoms with E-state index in [1.807, 2.05) is 29.3 Å². The van der Waals surface area contributed by atoms with Crippen LogP contribution in [0.2, 0.25) is 0 Å². The molecule has 2 heterocycles. The Hall–Kier alpha value is -0.520. The Morgan fingerprint density at radius 3 is 3.12 bits per heavy atom. The van der Waals surface area contributed by atoms with Crippen LogP contribution in [0.3, 0.4) is 0 Å². The van der Waals surface area contributed by atoms with Gasteiger partial charge in [0.1, 0.15) is 6.04 Å². The monoisotopic (exact) mass is 257 g/mol. The number of aliphatic carboxylic acids is 1. The van der Waals surface area contributed by atoms with E-state index in [0.29, 0.717) is 6.54 Å². The second-order valence-electron chi connectivity index (χ2n) is 3.90. The molecule has 1 saturated heterocycles. The number of hydrogen-bond donors (Lipinski definition) is 2. The van der Waals surface area contributed by atoms with Crippen LogP contribution in [-0.4, -0.2) is 28.6 Å². The van der Waals surface area contributed by atoms with Gasteiger partial charge in [-0.15, -0.1) is 11.3 Å². The summed E-state index contributed by atoms with van der Waals surface area (Å²) in [5, 5.41) is 14.4. The summed E-state index contributed by atoms with van der Waals surface area (Å²) in [6.45, 7) is 0.662. The Labute approximate surface area is 103 Å². The van der Waals surface area contributed by atoms with E-state index in [4.69, 9.17) is 0 Å². The third-order valence-electron chi connectivity index (χ3n) is 2.78. The Balaban J connectivity index is 1.90. The Bertz CT molecular complexity index is 334. The average Bonchev–Trinajstić information content (AvgIpc) is 2.88. The zero-order chi connectivity index (χ0) is 11.4. The maximum absolute atomic E-state index is 11.2. The normalized spacial score (nSPS) is 22.1. The van der Waals surface area contributed by atoms with Gasteiger partial charge >= 0.3 is 5.97 Å². The first-order valence-electron chi connectivity index (χ1n) is 5.33. The molecule has 0 radical (unpaired) electrons. The standard InChI is InChI=1S/C11H15NO2S2/c13-11(14)10(8-3-5-15-7-8)12-6-9-2-1-4-16-9/h1-2,4,8,10,12H,3,5-7H2,(H,13,14). The Morgan fingerprint density at radius 1 is 1.69 bits per heavy atom. The SMILES string of the molecule is O=C(O)C(NCc1cccs1)C1CCSC1. The van der Waals surface area contributed by atoms with Gasteiger partial charge in [0.15, 0.2) is 0 Å². The summed E-state index contributed by atoms with van der Waals surface area (Å²) >= 11 is 3.51. The third-order valence-corrected chi connectivity index (χ3v) is 4.84. The van der Waals surface area contributed by atoms with Crippen molar-refractivity contribution in [3.8, 4) is 0 Å². The van der Waals surface area contributed by atoms with Gasteiger partial charge in [0.05, 0.1) is 0 Å². The van der Waals surface area contributed by atoms with Gasteiger partial charge in [0.25, 0.3) is 0 Å². The van der Waals surface area contributed by atoms with Crippen LogP contribution in [0.5, 0.6) is 0 Å². The minimum atomic E-state index is -0.718. The lowest BCUT2D eigenvalue weighted by Gasteiger charge is -2.19. The van der Waals surface area contributed by atoms with Gasteiger partial charge in [-0.2, -0.15) is 11.8 Å². The molecule has 88 valence electrons. The lowest BCUT2D eigenvalue weighted by molar-refractivity contribution is -0.140. The minimum Gasteiger partial charge on any atom is -0.480 e. The van der Waals surface area contributed by atoms with Crippen LogP contribution in [0, 0.1) is 5.92 Å². The number of thioether (sulfide) groups is 1. The van der Waals surface area contributed by atoms with Crippen LogP contribution < -0.4 is 5.32 Å². The van der Waals surface area contributed by atoms with E-state index >= 15 is 0 Å². The molecule has 0 aromatic carbocycles. The molecule has 0 saturated carbocycles. The van der Waals surface area contributed by atoms with Crippen molar-refractivity contribution in [3.63, 3.8) is 0 Å². The molecule has 5 heteroatoms. The molecule has 2 N–H and O–H groups in total. The highest BCUT2D eigenvalue weighted by Gasteiger charge is 2.30. The second-order valence-corrected chi connectivity index (χ2v) is 6.08. The fourth-order valence-electron chi connectivity index (χ4n) is 1.89. The summed E-state index contributed by atoms with van der Waals surface area (Å²) in [6.07, 6.45) is 1.01. The summed E-state index contributed by atoms with van der Waals surface area (Å²) < 4.78 is 0. The van der Waals surface area contributed by atoms with Gasteiger partial charge in [0.2, 0.25) is 0 Å². The second kappa shape index (κ2) is 5.70. The van der Waals surface area contributed by atoms with Crippen molar-refractivity contribution in [2.24, 2.45) is 5.92 Å². The van der Waals surface area contributed by atoms with Gasteiger partial charge in [0, 0.05) is 11.4 Å². The topological polar surface area (TPSA) is 49.3 Å². The molecular weight excluding hydrogens is 242 g/mol. The molecule has 1 aromatic heterocycles. The van der Waals surface area contributed by atoms with Gasteiger partial charge in [-0.25, -0.2) is 0 Å². The lowest BCUT2D eigenvalue weighted by atomic mass is 9.99. The largest absolute Gasteiger partial charge is 0.480 e. The quantitative estimate of drug-likeness (QED) is 0.847. The highest BCUT2D eigenvalue weighted by Crippen LogP contribution is 2.26. The molecule has 1 aromatic rings. The van der Waals surface area contributed by atoms with Crippen molar-refractivity contribution in [3.05, 3.63) is 22.4 Å². The highest BCUT2D eigenvalue weighted by molar-refractivity contribution is 7.99. The number of carboxylic acids is 1. The van der Waals surface area contributed by atoms with Gasteiger partial charge < -0.3 is 5.11 Å². The first-order valence-corrected chi connectivity index (χ1v) is 7.37. The van der Waals surface area contributed by atoms with Crippen molar-refractivity contribution in [2.75, 3.05) is 11.5 Å². The summed E-state index contributed by atoms with van der Waals surface area (Å²) in [7, 11) is 0. The predicted molar refractivity (Wildman–Crippen MR) is 68.0 cm³/mol. The average molecular weight is 257 g/mol. The molecule has 0 bridgehead atoms. The van der Waals surface area contributed by atoms with Crippen LogP contribution in [0.25, 0.3) is 0 Å². The van der Waals surface area contributed by atoms with Crippen molar-refractivity contribution >= 4 is 29.1 Å². The van der Waals surface area contributed by atoms with Crippen molar-refractivity contribution in [2.45, 2.75) is 19.0 Å². The molecular formula is C11H15NO2S2. The summed E-state index contributed by atoms with van der Waals surface area (Å²) in [5.41, 5.74) is 0. The molecule has 3 nitrogen and oxygen atoms in total. The van der Waals surface area contributed by atoms with E-state index in [9.17, 15) is 9.90 Å². The Kier molecular flexibility index (Phi) is 4.26. The first-order chi connectivity index (χ1) is 7.77. The maximum atomic E-state index is 11.2. The van der Waals surface area contributed by atoms with Crippen molar-refractivity contribution in [1.82, 2.24) is 5.32 Å². The van der Waals surface area contributed by atoms with Crippen molar-refractivity contribution in [1.29, 1.82) is 0 Å². The van der Waals surface area contributed by atoms with E-state index in [0.717, 1.165) is 17.9 Å². The molecule has 1 aliphatic heterocycles. The summed E-state index contributed by atoms with van der Waals surface area (Å²) in [6, 6.07) is 3.63. The summed E-state index contributed by atoms with van der Waals surface area (Å²) in [4.78, 5) is 12.4. The fourth-order valence-corrected chi connectivity index (χ4v) is 3.85. The molecule has 0 amide bonds. The van der Waals surface area contributed by atoms with Crippen LogP contribution in [-0.2, 0) is 11.3 Å². The highest BCUT2D eigenvalue weighted by atomic mass is 32.2. The van der Waals surface area contributed by atoms with Gasteiger partial charge in [-0.3, -0.25) is 10.1 Å². The van der Waals surface area contributed by atoms with E-state index in [1.165, 1.54) is 4.88 Å². The Morgan fingerprint density at radius 2 is 2.56 bits per heavy atom. The van der Waals surface area contributed by atoms with Crippen LogP contribution in [0.4, 0.5) is 0 Å². The number of thiophene rings is 1. The van der Waals surface area contributed by atoms with Gasteiger partial charge in [-0.05, 0) is 35.3 Å². The number of hydrogen-bond acceptors (Lipinski definition) is 4. The van der Waals surface area contributed by atoms with Gasteiger partial charge in [-0.1, -0.05) is 6.07 Å². The molecule has 0 spiro atoms. The fraction of sp³-hybridized carbons (Fsp3) is 0.545. The zero-order valence-electron chi connectivity index (χ0n) is 8.89. The number of rotatable bonds is 5. The number of carbonyl (C=O) groups is 1. The van der Waals surface area contributed by atoms with E-state index < -0.39 is 12.0 Å². The van der Waals surface area contributed by atoms with Crippen LogP contribution in [0.1, 0.15) is 11.3 Å². The molecule has 2 unspecified atom stereocenters. The van der Waals surface area contributed by atoms with Crippen molar-refractivity contribution < 1.29 is 9.90 Å². The molecule has 1 fully saturated rings. The lowest BCUT2D eigenvalue weighted by Crippen LogP contribution is -2.42. The molecule has 0 aliphatic carbocycles. The number of nitrogens with one attached hydrogen (secondary N) is 1. The number of carboxylic acid groups (broad SMARTS) is 1. The molecule has 2 atom stereocenters. The van der Waals surface area contributed by atoms with Crippen LogP contribution in [0.15, 0.2) is 17.5 Å². The smallest absolute Gasteiger partial charge is 0.321 e. The minimum absolute atomic E-state index is 0.280. The summed E-state index contributed by atoms with van der Waals surface area (Å²) in [5.74, 6) is 1.62. The predicted octanol–water partition coefficient (Wildman–Crippen LogP) is 2.04. The maximum Gasteiger partial charge on any atom is 0.321 e. The van der Waals surface area contributed by atoms with Crippen LogP contribution >= 0.6 is 23.1 Å². The molecule has 16 heavy (non-hydrogen) atoms. The van der Waals surface area contributed by atoms with E-state index in [2.05, 4.69) is 5.32 Å². The molecule has 2 rings (SSSR count). The molecule has 1 aliphatic rings. The van der Waals surface area contributed by atoms with E-state index in [1.54, 1.807) is 11.3 Å².